The fourth-order valence-corrected chi connectivity index (χ4v) is 2.90. The van der Waals surface area contributed by atoms with Gasteiger partial charge < -0.3 is 10.1 Å². The molecule has 1 aromatic carbocycles. The molecular weight excluding hydrogens is 358 g/mol. The number of benzene rings is 1. The molecule has 1 aliphatic heterocycles. The Kier molecular flexibility index (Phi) is 5.01. The molecule has 0 bridgehead atoms. The first-order valence-corrected chi connectivity index (χ1v) is 8.93. The minimum atomic E-state index is -0.531. The number of anilines is 1. The molecule has 2 aromatic rings. The van der Waals surface area contributed by atoms with Crippen LogP contribution < -0.4 is 15.0 Å². The van der Waals surface area contributed by atoms with Crippen LogP contribution in [0, 0.1) is 11.3 Å². The number of hydrogen-bond donors (Lipinski definition) is 1. The van der Waals surface area contributed by atoms with Crippen molar-refractivity contribution in [2.75, 3.05) is 4.90 Å². The van der Waals surface area contributed by atoms with E-state index in [1.54, 1.807) is 18.2 Å². The van der Waals surface area contributed by atoms with Gasteiger partial charge in [-0.3, -0.25) is 4.79 Å². The second-order valence-electron chi connectivity index (χ2n) is 7.48. The van der Waals surface area contributed by atoms with Crippen LogP contribution in [0.4, 0.5) is 10.5 Å². The maximum Gasteiger partial charge on any atom is 0.329 e. The average Bonchev–Trinajstić information content (AvgIpc) is 2.95. The number of carbonyl (C=O) groups excluding carboxylic acids is 2. The fourth-order valence-electron chi connectivity index (χ4n) is 2.90. The average molecular weight is 379 g/mol. The van der Waals surface area contributed by atoms with Gasteiger partial charge in [-0.1, -0.05) is 27.7 Å². The van der Waals surface area contributed by atoms with Crippen LogP contribution in [-0.2, 0) is 10.2 Å². The fraction of sp³-hybridized carbons (Fsp3) is 0.350. The molecule has 0 aliphatic carbocycles. The van der Waals surface area contributed by atoms with Crippen molar-refractivity contribution in [2.24, 2.45) is 0 Å². The van der Waals surface area contributed by atoms with E-state index in [0.717, 1.165) is 10.5 Å². The van der Waals surface area contributed by atoms with Gasteiger partial charge in [0.2, 0.25) is 0 Å². The SMILES string of the molecule is CC[C@H]1NC(=O)N(c2cnc(Oc3ccc(C#N)cc3C(C)(C)C)nc2)C1=O. The second-order valence-corrected chi connectivity index (χ2v) is 7.48. The molecular formula is C20H21N5O3. The minimum absolute atomic E-state index is 0.0815. The predicted octanol–water partition coefficient (Wildman–Crippen LogP) is 3.27. The van der Waals surface area contributed by atoms with Crippen molar-refractivity contribution in [3.8, 4) is 17.8 Å². The molecule has 1 aromatic heterocycles. The quantitative estimate of drug-likeness (QED) is 0.817. The number of ether oxygens (including phenoxy) is 1. The summed E-state index contributed by atoms with van der Waals surface area (Å²) in [4.78, 5) is 33.6. The zero-order valence-corrected chi connectivity index (χ0v) is 16.2. The van der Waals surface area contributed by atoms with Crippen LogP contribution in [0.5, 0.6) is 11.8 Å². The highest BCUT2D eigenvalue weighted by atomic mass is 16.5. The molecule has 0 saturated carbocycles. The topological polar surface area (TPSA) is 108 Å². The Labute approximate surface area is 163 Å². The molecule has 1 aliphatic rings. The number of imide groups is 1. The van der Waals surface area contributed by atoms with E-state index in [2.05, 4.69) is 21.4 Å². The highest BCUT2D eigenvalue weighted by Crippen LogP contribution is 2.34. The normalized spacial score (nSPS) is 16.7. The van der Waals surface area contributed by atoms with E-state index in [-0.39, 0.29) is 23.0 Å². The maximum absolute atomic E-state index is 12.3. The van der Waals surface area contributed by atoms with E-state index in [1.807, 2.05) is 27.7 Å². The Balaban J connectivity index is 1.85. The van der Waals surface area contributed by atoms with Crippen molar-refractivity contribution in [2.45, 2.75) is 45.6 Å². The minimum Gasteiger partial charge on any atom is -0.424 e. The van der Waals surface area contributed by atoms with Gasteiger partial charge in [0.25, 0.3) is 5.91 Å². The molecule has 1 N–H and O–H groups in total. The Bertz CT molecular complexity index is 957. The van der Waals surface area contributed by atoms with Gasteiger partial charge >= 0.3 is 12.0 Å². The van der Waals surface area contributed by atoms with Crippen LogP contribution >= 0.6 is 0 Å². The molecule has 2 heterocycles. The zero-order chi connectivity index (χ0) is 20.5. The molecule has 0 spiro atoms. The number of nitriles is 1. The molecule has 1 atom stereocenters. The number of carbonyl (C=O) groups is 2. The van der Waals surface area contributed by atoms with Gasteiger partial charge in [-0.05, 0) is 30.0 Å². The van der Waals surface area contributed by atoms with E-state index < -0.39 is 12.1 Å². The van der Waals surface area contributed by atoms with Gasteiger partial charge in [-0.15, -0.1) is 0 Å². The summed E-state index contributed by atoms with van der Waals surface area (Å²) in [5.74, 6) is 0.215. The lowest BCUT2D eigenvalue weighted by Gasteiger charge is -2.22. The summed E-state index contributed by atoms with van der Waals surface area (Å²) in [6, 6.07) is 6.34. The van der Waals surface area contributed by atoms with Crippen LogP contribution in [0.25, 0.3) is 0 Å². The monoisotopic (exact) mass is 379 g/mol. The number of nitrogens with zero attached hydrogens (tertiary/aromatic N) is 4. The van der Waals surface area contributed by atoms with Crippen molar-refractivity contribution >= 4 is 17.6 Å². The van der Waals surface area contributed by atoms with Crippen LogP contribution in [-0.4, -0.2) is 27.9 Å². The van der Waals surface area contributed by atoms with Crippen LogP contribution in [0.15, 0.2) is 30.6 Å². The highest BCUT2D eigenvalue weighted by molar-refractivity contribution is 6.21. The van der Waals surface area contributed by atoms with Gasteiger partial charge in [0.1, 0.15) is 11.8 Å². The first kappa shape index (κ1) is 19.3. The maximum atomic E-state index is 12.3. The molecule has 8 heteroatoms. The Hall–Kier alpha value is -3.47. The summed E-state index contributed by atoms with van der Waals surface area (Å²) in [6.45, 7) is 7.87. The van der Waals surface area contributed by atoms with E-state index in [0.29, 0.717) is 17.7 Å². The van der Waals surface area contributed by atoms with Gasteiger partial charge in [0, 0.05) is 5.56 Å². The number of rotatable bonds is 4. The third-order valence-corrected chi connectivity index (χ3v) is 4.42. The van der Waals surface area contributed by atoms with Crippen LogP contribution in [0.2, 0.25) is 0 Å². The summed E-state index contributed by atoms with van der Waals surface area (Å²) in [5, 5.41) is 11.8. The lowest BCUT2D eigenvalue weighted by atomic mass is 9.85. The summed E-state index contributed by atoms with van der Waals surface area (Å²) in [5.41, 5.74) is 1.41. The van der Waals surface area contributed by atoms with Gasteiger partial charge in [-0.25, -0.2) is 19.7 Å². The van der Waals surface area contributed by atoms with E-state index in [1.165, 1.54) is 12.4 Å². The standard InChI is InChI=1S/C20H21N5O3/c1-5-15-17(26)25(19(27)24-15)13-10-22-18(23-11-13)28-16-7-6-12(9-21)8-14(16)20(2,3)4/h6-8,10-11,15H,5H2,1-4H3,(H,24,27)/t15-/m1/s1. The Morgan fingerprint density at radius 2 is 1.93 bits per heavy atom. The number of nitrogens with one attached hydrogen (secondary N) is 1. The summed E-state index contributed by atoms with van der Waals surface area (Å²) in [6.07, 6.45) is 3.26. The molecule has 3 amide bonds. The number of urea groups is 1. The van der Waals surface area contributed by atoms with Gasteiger partial charge in [0.05, 0.1) is 29.7 Å². The third kappa shape index (κ3) is 3.64. The molecule has 1 fully saturated rings. The highest BCUT2D eigenvalue weighted by Gasteiger charge is 2.38. The summed E-state index contributed by atoms with van der Waals surface area (Å²) < 4.78 is 5.81. The molecule has 3 rings (SSSR count). The molecule has 0 unspecified atom stereocenters. The van der Waals surface area contributed by atoms with E-state index in [4.69, 9.17) is 10.00 Å². The first-order chi connectivity index (χ1) is 13.2. The number of amides is 3. The Morgan fingerprint density at radius 3 is 2.46 bits per heavy atom. The number of aromatic nitrogens is 2. The molecule has 0 radical (unpaired) electrons. The van der Waals surface area contributed by atoms with Crippen molar-refractivity contribution in [1.29, 1.82) is 5.26 Å². The van der Waals surface area contributed by atoms with Crippen molar-refractivity contribution in [3.63, 3.8) is 0 Å². The van der Waals surface area contributed by atoms with Crippen molar-refractivity contribution in [3.05, 3.63) is 41.7 Å². The second kappa shape index (κ2) is 7.27. The molecule has 8 nitrogen and oxygen atoms in total. The molecule has 1 saturated heterocycles. The molecule has 144 valence electrons. The lowest BCUT2D eigenvalue weighted by molar-refractivity contribution is -0.118. The smallest absolute Gasteiger partial charge is 0.329 e. The largest absolute Gasteiger partial charge is 0.424 e. The summed E-state index contributed by atoms with van der Waals surface area (Å²) >= 11 is 0. The lowest BCUT2D eigenvalue weighted by Crippen LogP contribution is -2.31. The van der Waals surface area contributed by atoms with Crippen molar-refractivity contribution in [1.82, 2.24) is 15.3 Å². The predicted molar refractivity (Wildman–Crippen MR) is 102 cm³/mol. The van der Waals surface area contributed by atoms with E-state index >= 15 is 0 Å². The van der Waals surface area contributed by atoms with Crippen LogP contribution in [0.1, 0.15) is 45.2 Å². The first-order valence-electron chi connectivity index (χ1n) is 8.93. The third-order valence-electron chi connectivity index (χ3n) is 4.42. The Morgan fingerprint density at radius 1 is 1.25 bits per heavy atom. The van der Waals surface area contributed by atoms with Gasteiger partial charge in [-0.2, -0.15) is 5.26 Å². The van der Waals surface area contributed by atoms with E-state index in [9.17, 15) is 9.59 Å². The van der Waals surface area contributed by atoms with Crippen molar-refractivity contribution < 1.29 is 14.3 Å². The molecule has 28 heavy (non-hydrogen) atoms. The zero-order valence-electron chi connectivity index (χ0n) is 16.2. The van der Waals surface area contributed by atoms with Gasteiger partial charge in [0.15, 0.2) is 0 Å². The summed E-state index contributed by atoms with van der Waals surface area (Å²) in [7, 11) is 0. The van der Waals surface area contributed by atoms with Crippen LogP contribution in [0.3, 0.4) is 0 Å². The number of hydrogen-bond acceptors (Lipinski definition) is 6.